The van der Waals surface area contributed by atoms with E-state index in [0.717, 1.165) is 24.9 Å². The maximum atomic E-state index is 12.7. The first-order valence-electron chi connectivity index (χ1n) is 11.8. The third-order valence-corrected chi connectivity index (χ3v) is 7.78. The average molecular weight is 443 g/mol. The number of carbonyl (C=O) groups is 1. The molecule has 5 atom stereocenters. The Bertz CT molecular complexity index is 1200. The van der Waals surface area contributed by atoms with Gasteiger partial charge in [0.1, 0.15) is 0 Å². The fourth-order valence-corrected chi connectivity index (χ4v) is 6.51. The molecule has 0 N–H and O–H groups in total. The molecule has 2 aliphatic heterocycles. The van der Waals surface area contributed by atoms with Crippen molar-refractivity contribution >= 4 is 17.3 Å². The number of nitro benzene ring substituents is 1. The first kappa shape index (κ1) is 20.2. The van der Waals surface area contributed by atoms with E-state index in [1.165, 1.54) is 16.8 Å². The van der Waals surface area contributed by atoms with Crippen LogP contribution in [0.15, 0.2) is 60.7 Å². The Morgan fingerprint density at radius 2 is 1.88 bits per heavy atom. The Kier molecular flexibility index (Phi) is 4.64. The van der Waals surface area contributed by atoms with Crippen molar-refractivity contribution in [1.82, 2.24) is 0 Å². The average Bonchev–Trinajstić information content (AvgIpc) is 3.49. The summed E-state index contributed by atoms with van der Waals surface area (Å²) in [5.41, 5.74) is 5.35. The largest absolute Gasteiger partial charge is 0.462 e. The molecule has 2 aromatic rings. The predicted octanol–water partition coefficient (Wildman–Crippen LogP) is 5.67. The topological polar surface area (TPSA) is 72.7 Å². The summed E-state index contributed by atoms with van der Waals surface area (Å²) >= 11 is 0. The van der Waals surface area contributed by atoms with E-state index in [2.05, 4.69) is 29.2 Å². The van der Waals surface area contributed by atoms with Crippen LogP contribution in [-0.2, 0) is 4.74 Å². The van der Waals surface area contributed by atoms with Gasteiger partial charge in [0.2, 0.25) is 0 Å². The van der Waals surface area contributed by atoms with Crippen LogP contribution in [0, 0.1) is 22.0 Å². The normalized spacial score (nSPS) is 28.3. The fourth-order valence-electron chi connectivity index (χ4n) is 6.51. The summed E-state index contributed by atoms with van der Waals surface area (Å²) in [6.07, 6.45) is 10.9. The van der Waals surface area contributed by atoms with Gasteiger partial charge in [-0.25, -0.2) is 4.79 Å². The Morgan fingerprint density at radius 1 is 1.12 bits per heavy atom. The number of carbonyl (C=O) groups excluding carboxylic acids is 1. The molecule has 4 aliphatic rings. The predicted molar refractivity (Wildman–Crippen MR) is 126 cm³/mol. The Morgan fingerprint density at radius 3 is 2.67 bits per heavy atom. The third-order valence-electron chi connectivity index (χ3n) is 7.78. The van der Waals surface area contributed by atoms with Crippen LogP contribution < -0.4 is 4.90 Å². The molecule has 6 heteroatoms. The highest BCUT2D eigenvalue weighted by atomic mass is 16.6. The van der Waals surface area contributed by atoms with E-state index < -0.39 is 0 Å². The highest BCUT2D eigenvalue weighted by molar-refractivity contribution is 5.92. The number of non-ortho nitro benzene ring substituents is 1. The van der Waals surface area contributed by atoms with Gasteiger partial charge in [-0.2, -0.15) is 0 Å². The minimum atomic E-state index is -0.311. The van der Waals surface area contributed by atoms with E-state index >= 15 is 0 Å². The molecule has 2 aromatic carbocycles. The van der Waals surface area contributed by atoms with E-state index in [1.54, 1.807) is 18.2 Å². The minimum Gasteiger partial charge on any atom is -0.462 e. The van der Waals surface area contributed by atoms with Gasteiger partial charge in [0, 0.05) is 36.2 Å². The lowest BCUT2D eigenvalue weighted by Gasteiger charge is -2.51. The maximum absolute atomic E-state index is 12.7. The van der Waals surface area contributed by atoms with Crippen molar-refractivity contribution in [3.63, 3.8) is 0 Å². The number of hydrogen-bond donors (Lipinski definition) is 0. The van der Waals surface area contributed by atoms with Gasteiger partial charge in [-0.1, -0.05) is 36.4 Å². The first-order chi connectivity index (χ1) is 16.1. The highest BCUT2D eigenvalue weighted by Gasteiger charge is 2.48. The van der Waals surface area contributed by atoms with E-state index in [-0.39, 0.29) is 40.4 Å². The molecule has 0 radical (unpaired) electrons. The van der Waals surface area contributed by atoms with Crippen LogP contribution in [0.2, 0.25) is 0 Å². The van der Waals surface area contributed by atoms with Crippen LogP contribution in [0.25, 0.3) is 0 Å². The highest BCUT2D eigenvalue weighted by Crippen LogP contribution is 2.59. The van der Waals surface area contributed by atoms with Crippen molar-refractivity contribution in [2.24, 2.45) is 11.8 Å². The van der Waals surface area contributed by atoms with Crippen LogP contribution in [0.5, 0.6) is 0 Å². The number of hydrogen-bond acceptors (Lipinski definition) is 5. The van der Waals surface area contributed by atoms with Gasteiger partial charge in [0.25, 0.3) is 5.69 Å². The maximum Gasteiger partial charge on any atom is 0.338 e. The number of benzene rings is 2. The van der Waals surface area contributed by atoms with Crippen molar-refractivity contribution in [2.45, 2.75) is 37.6 Å². The Labute approximate surface area is 192 Å². The number of anilines is 1. The monoisotopic (exact) mass is 442 g/mol. The van der Waals surface area contributed by atoms with Crippen LogP contribution in [0.4, 0.5) is 11.4 Å². The zero-order valence-corrected chi connectivity index (χ0v) is 18.5. The van der Waals surface area contributed by atoms with Gasteiger partial charge in [-0.15, -0.1) is 0 Å². The number of nitro groups is 1. The fraction of sp³-hybridized carbons (Fsp3) is 0.370. The van der Waals surface area contributed by atoms with Gasteiger partial charge in [0.15, 0.2) is 0 Å². The molecule has 2 heterocycles. The van der Waals surface area contributed by atoms with Gasteiger partial charge in [-0.05, 0) is 60.4 Å². The molecule has 0 unspecified atom stereocenters. The second kappa shape index (κ2) is 7.58. The SMILES string of the molecule is CCOC(=O)c1cc2c3c(c1)[C@@H]1C=CC[C@@H]1[C@H](c1cccc([N+](=O)[O-])c1)N3C[C@@H]1CC=C[C@@H]21. The Hall–Kier alpha value is -3.41. The van der Waals surface area contributed by atoms with Gasteiger partial charge in [-0.3, -0.25) is 10.1 Å². The van der Waals surface area contributed by atoms with Gasteiger partial charge < -0.3 is 9.64 Å². The third kappa shape index (κ3) is 3.04. The van der Waals surface area contributed by atoms with Gasteiger partial charge in [0.05, 0.1) is 23.1 Å². The lowest BCUT2D eigenvalue weighted by atomic mass is 9.70. The van der Waals surface area contributed by atoms with Crippen molar-refractivity contribution in [2.75, 3.05) is 18.1 Å². The molecule has 33 heavy (non-hydrogen) atoms. The second-order valence-electron chi connectivity index (χ2n) is 9.48. The smallest absolute Gasteiger partial charge is 0.338 e. The molecular formula is C27H26N2O4. The standard InChI is InChI=1S/C27H26N2O4/c1-2-33-27(30)18-13-23-20-9-4-7-17(20)15-28-25(16-6-3-8-19(12-16)29(31)32)22-11-5-10-21(22)24(14-18)26(23)28/h3-6,8-10,12-14,17,20-22,25H,2,7,11,15H2,1H3/t17-,20+,21+,22-,25-/m0/s1. The zero-order chi connectivity index (χ0) is 22.7. The van der Waals surface area contributed by atoms with Crippen molar-refractivity contribution in [3.05, 3.63) is 93.1 Å². The molecule has 0 aromatic heterocycles. The molecule has 0 saturated heterocycles. The van der Waals surface area contributed by atoms with Gasteiger partial charge >= 0.3 is 5.97 Å². The number of esters is 1. The molecule has 2 aliphatic carbocycles. The molecule has 0 bridgehead atoms. The Balaban J connectivity index is 1.55. The number of ether oxygens (including phenoxy) is 1. The first-order valence-corrected chi connectivity index (χ1v) is 11.8. The summed E-state index contributed by atoms with van der Waals surface area (Å²) in [5, 5.41) is 11.5. The lowest BCUT2D eigenvalue weighted by molar-refractivity contribution is -0.384. The molecule has 168 valence electrons. The van der Waals surface area contributed by atoms with E-state index in [1.807, 2.05) is 25.1 Å². The van der Waals surface area contributed by atoms with E-state index in [0.29, 0.717) is 18.1 Å². The molecule has 0 saturated carbocycles. The number of rotatable bonds is 4. The van der Waals surface area contributed by atoms with Crippen molar-refractivity contribution in [3.8, 4) is 0 Å². The van der Waals surface area contributed by atoms with E-state index in [4.69, 9.17) is 4.74 Å². The molecular weight excluding hydrogens is 416 g/mol. The summed E-state index contributed by atoms with van der Waals surface area (Å²) in [5.74, 6) is 0.907. The number of fused-ring (bicyclic) bond motifs is 4. The number of allylic oxidation sites excluding steroid dienone is 4. The summed E-state index contributed by atoms with van der Waals surface area (Å²) in [6.45, 7) is 3.09. The molecule has 0 spiro atoms. The molecule has 6 rings (SSSR count). The zero-order valence-electron chi connectivity index (χ0n) is 18.5. The molecule has 6 nitrogen and oxygen atoms in total. The van der Waals surface area contributed by atoms with Crippen molar-refractivity contribution in [1.29, 1.82) is 0 Å². The second-order valence-corrected chi connectivity index (χ2v) is 9.48. The molecule has 0 fully saturated rings. The summed E-state index contributed by atoms with van der Waals surface area (Å²) in [6, 6.07) is 11.3. The summed E-state index contributed by atoms with van der Waals surface area (Å²) in [7, 11) is 0. The van der Waals surface area contributed by atoms with Crippen LogP contribution >= 0.6 is 0 Å². The molecule has 0 amide bonds. The summed E-state index contributed by atoms with van der Waals surface area (Å²) in [4.78, 5) is 26.4. The van der Waals surface area contributed by atoms with Crippen LogP contribution in [-0.4, -0.2) is 24.0 Å². The number of nitrogens with zero attached hydrogens (tertiary/aromatic N) is 2. The lowest BCUT2D eigenvalue weighted by Crippen LogP contribution is -2.46. The minimum absolute atomic E-state index is 0.0612. The summed E-state index contributed by atoms with van der Waals surface area (Å²) < 4.78 is 5.36. The quantitative estimate of drug-likeness (QED) is 0.264. The van der Waals surface area contributed by atoms with Crippen LogP contribution in [0.3, 0.4) is 0 Å². The van der Waals surface area contributed by atoms with E-state index in [9.17, 15) is 14.9 Å². The van der Waals surface area contributed by atoms with Crippen molar-refractivity contribution < 1.29 is 14.5 Å². The van der Waals surface area contributed by atoms with Crippen LogP contribution in [0.1, 0.15) is 64.7 Å².